The van der Waals surface area contributed by atoms with E-state index in [4.69, 9.17) is 11.6 Å². The third-order valence-electron chi connectivity index (χ3n) is 3.32. The summed E-state index contributed by atoms with van der Waals surface area (Å²) in [5.41, 5.74) is 1.62. The molecule has 0 aliphatic rings. The van der Waals surface area contributed by atoms with E-state index in [2.05, 4.69) is 46.3 Å². The van der Waals surface area contributed by atoms with Crippen molar-refractivity contribution in [3.05, 3.63) is 47.3 Å². The summed E-state index contributed by atoms with van der Waals surface area (Å²) < 4.78 is 1.86. The molecular formula is C15H17ClN6. The van der Waals surface area contributed by atoms with Gasteiger partial charge in [0.25, 0.3) is 0 Å². The molecule has 3 aromatic heterocycles. The Bertz CT molecular complexity index is 805. The van der Waals surface area contributed by atoms with Crippen LogP contribution < -0.4 is 5.32 Å². The molecule has 0 aliphatic carbocycles. The molecule has 0 atom stereocenters. The number of anilines is 1. The minimum absolute atomic E-state index is 0.0194. The normalized spacial score (nSPS) is 11.8. The molecule has 0 aromatic carbocycles. The molecule has 0 aliphatic heterocycles. The standard InChI is InChI=1S/C15H17ClN6/c1-15(2,3)11-7-12(19-9-18-11)17-8-13-20-21-14-10(16)5-4-6-22(13)14/h4-7,9H,8H2,1-3H3,(H,17,18,19). The summed E-state index contributed by atoms with van der Waals surface area (Å²) in [6.07, 6.45) is 3.46. The van der Waals surface area contributed by atoms with Gasteiger partial charge in [0.05, 0.1) is 17.3 Å². The highest BCUT2D eigenvalue weighted by Crippen LogP contribution is 2.21. The first-order valence-corrected chi connectivity index (χ1v) is 7.37. The topological polar surface area (TPSA) is 68.0 Å². The fourth-order valence-electron chi connectivity index (χ4n) is 2.09. The van der Waals surface area contributed by atoms with Gasteiger partial charge in [-0.05, 0) is 12.1 Å². The molecule has 0 fully saturated rings. The van der Waals surface area contributed by atoms with E-state index in [9.17, 15) is 0 Å². The second kappa shape index (κ2) is 5.53. The quantitative estimate of drug-likeness (QED) is 0.804. The number of hydrogen-bond acceptors (Lipinski definition) is 5. The Balaban J connectivity index is 1.81. The summed E-state index contributed by atoms with van der Waals surface area (Å²) in [5, 5.41) is 12.1. The molecule has 0 unspecified atom stereocenters. The first-order chi connectivity index (χ1) is 10.4. The number of hydrogen-bond donors (Lipinski definition) is 1. The van der Waals surface area contributed by atoms with Gasteiger partial charge in [-0.25, -0.2) is 9.97 Å². The van der Waals surface area contributed by atoms with Crippen molar-refractivity contribution < 1.29 is 0 Å². The van der Waals surface area contributed by atoms with Crippen molar-refractivity contribution in [2.45, 2.75) is 32.7 Å². The van der Waals surface area contributed by atoms with Crippen molar-refractivity contribution in [2.75, 3.05) is 5.32 Å². The molecule has 3 heterocycles. The summed E-state index contributed by atoms with van der Waals surface area (Å²) in [4.78, 5) is 8.56. The van der Waals surface area contributed by atoms with E-state index >= 15 is 0 Å². The monoisotopic (exact) mass is 316 g/mol. The molecule has 7 heteroatoms. The van der Waals surface area contributed by atoms with Gasteiger partial charge < -0.3 is 5.32 Å². The highest BCUT2D eigenvalue weighted by Gasteiger charge is 2.16. The number of nitrogens with one attached hydrogen (secondary N) is 1. The number of fused-ring (bicyclic) bond motifs is 1. The van der Waals surface area contributed by atoms with E-state index in [1.165, 1.54) is 0 Å². The van der Waals surface area contributed by atoms with Gasteiger partial charge in [-0.3, -0.25) is 4.40 Å². The zero-order valence-corrected chi connectivity index (χ0v) is 13.5. The van der Waals surface area contributed by atoms with E-state index in [1.54, 1.807) is 12.4 Å². The molecule has 0 radical (unpaired) electrons. The molecule has 1 N–H and O–H groups in total. The van der Waals surface area contributed by atoms with Crippen molar-refractivity contribution in [3.8, 4) is 0 Å². The van der Waals surface area contributed by atoms with Crippen molar-refractivity contribution in [1.82, 2.24) is 24.6 Å². The molecule has 0 saturated heterocycles. The predicted molar refractivity (Wildman–Crippen MR) is 86.1 cm³/mol. The number of aromatic nitrogens is 5. The first kappa shape index (κ1) is 14.7. The van der Waals surface area contributed by atoms with Gasteiger partial charge in [-0.1, -0.05) is 32.4 Å². The predicted octanol–water partition coefficient (Wildman–Crippen LogP) is 3.08. The van der Waals surface area contributed by atoms with Crippen LogP contribution in [0.2, 0.25) is 5.02 Å². The van der Waals surface area contributed by atoms with Crippen LogP contribution in [0.5, 0.6) is 0 Å². The van der Waals surface area contributed by atoms with Gasteiger partial charge in [-0.15, -0.1) is 10.2 Å². The SMILES string of the molecule is CC(C)(C)c1cc(NCc2nnc3c(Cl)cccn23)ncn1. The highest BCUT2D eigenvalue weighted by atomic mass is 35.5. The van der Waals surface area contributed by atoms with Gasteiger partial charge in [0.2, 0.25) is 0 Å². The van der Waals surface area contributed by atoms with E-state index in [-0.39, 0.29) is 5.41 Å². The minimum Gasteiger partial charge on any atom is -0.363 e. The van der Waals surface area contributed by atoms with Crippen LogP contribution in [0.15, 0.2) is 30.7 Å². The summed E-state index contributed by atoms with van der Waals surface area (Å²) in [5.74, 6) is 1.53. The van der Waals surface area contributed by atoms with Crippen molar-refractivity contribution in [1.29, 1.82) is 0 Å². The average Bonchev–Trinajstić information content (AvgIpc) is 2.89. The minimum atomic E-state index is -0.0194. The van der Waals surface area contributed by atoms with Crippen molar-refractivity contribution >= 4 is 23.1 Å². The Morgan fingerprint density at radius 2 is 2.05 bits per heavy atom. The number of halogens is 1. The van der Waals surface area contributed by atoms with Gasteiger partial charge in [0.15, 0.2) is 11.5 Å². The van der Waals surface area contributed by atoms with Crippen molar-refractivity contribution in [3.63, 3.8) is 0 Å². The lowest BCUT2D eigenvalue weighted by molar-refractivity contribution is 0.567. The van der Waals surface area contributed by atoms with Crippen LogP contribution in [0.1, 0.15) is 32.3 Å². The fraction of sp³-hybridized carbons (Fsp3) is 0.333. The molecule has 22 heavy (non-hydrogen) atoms. The Morgan fingerprint density at radius 3 is 2.82 bits per heavy atom. The Kier molecular flexibility index (Phi) is 3.70. The Morgan fingerprint density at radius 1 is 1.23 bits per heavy atom. The highest BCUT2D eigenvalue weighted by molar-refractivity contribution is 6.33. The van der Waals surface area contributed by atoms with Gasteiger partial charge in [-0.2, -0.15) is 0 Å². The third kappa shape index (κ3) is 2.87. The molecule has 6 nitrogen and oxygen atoms in total. The zero-order valence-electron chi connectivity index (χ0n) is 12.7. The van der Waals surface area contributed by atoms with Gasteiger partial charge in [0.1, 0.15) is 12.1 Å². The van der Waals surface area contributed by atoms with Gasteiger partial charge >= 0.3 is 0 Å². The molecule has 3 rings (SSSR count). The summed E-state index contributed by atoms with van der Waals surface area (Å²) in [7, 11) is 0. The smallest absolute Gasteiger partial charge is 0.179 e. The maximum Gasteiger partial charge on any atom is 0.179 e. The lowest BCUT2D eigenvalue weighted by atomic mass is 9.92. The van der Waals surface area contributed by atoms with Crippen LogP contribution in [0.4, 0.5) is 5.82 Å². The number of nitrogens with zero attached hydrogens (tertiary/aromatic N) is 5. The van der Waals surface area contributed by atoms with Crippen LogP contribution in [0.25, 0.3) is 5.65 Å². The summed E-state index contributed by atoms with van der Waals surface area (Å²) >= 11 is 6.09. The number of pyridine rings is 1. The molecule has 0 spiro atoms. The summed E-state index contributed by atoms with van der Waals surface area (Å²) in [6.45, 7) is 6.86. The van der Waals surface area contributed by atoms with Crippen molar-refractivity contribution in [2.24, 2.45) is 0 Å². The fourth-order valence-corrected chi connectivity index (χ4v) is 2.29. The molecular weight excluding hydrogens is 300 g/mol. The van der Waals surface area contributed by atoms with Crippen LogP contribution >= 0.6 is 11.6 Å². The molecule has 0 bridgehead atoms. The van der Waals surface area contributed by atoms with Crippen LogP contribution in [-0.2, 0) is 12.0 Å². The van der Waals surface area contributed by atoms with E-state index in [1.807, 2.05) is 22.7 Å². The van der Waals surface area contributed by atoms with Crippen LogP contribution in [-0.4, -0.2) is 24.6 Å². The van der Waals surface area contributed by atoms with Crippen LogP contribution in [0, 0.1) is 0 Å². The maximum absolute atomic E-state index is 6.09. The molecule has 0 saturated carbocycles. The third-order valence-corrected chi connectivity index (χ3v) is 3.62. The Labute approximate surface area is 133 Å². The lowest BCUT2D eigenvalue weighted by Gasteiger charge is -2.17. The Hall–Kier alpha value is -2.21. The number of rotatable bonds is 3. The maximum atomic E-state index is 6.09. The van der Waals surface area contributed by atoms with Gasteiger partial charge in [0, 0.05) is 17.7 Å². The second-order valence-electron chi connectivity index (χ2n) is 6.06. The average molecular weight is 317 g/mol. The largest absolute Gasteiger partial charge is 0.363 e. The summed E-state index contributed by atoms with van der Waals surface area (Å²) in [6, 6.07) is 5.61. The molecule has 114 valence electrons. The first-order valence-electron chi connectivity index (χ1n) is 7.00. The van der Waals surface area contributed by atoms with E-state index < -0.39 is 0 Å². The van der Waals surface area contributed by atoms with Crippen LogP contribution in [0.3, 0.4) is 0 Å². The molecule has 3 aromatic rings. The lowest BCUT2D eigenvalue weighted by Crippen LogP contribution is -2.15. The molecule has 0 amide bonds. The van der Waals surface area contributed by atoms with E-state index in [0.29, 0.717) is 17.2 Å². The second-order valence-corrected chi connectivity index (χ2v) is 6.47. The zero-order chi connectivity index (χ0) is 15.7. The van der Waals surface area contributed by atoms with E-state index in [0.717, 1.165) is 17.3 Å².